The zero-order chi connectivity index (χ0) is 9.94. The molecule has 0 radical (unpaired) electrons. The zero-order valence-corrected chi connectivity index (χ0v) is 5.24. The first-order valence-corrected chi connectivity index (χ1v) is 2.24. The Morgan fingerprint density at radius 3 is 1.25 bits per heavy atom. The van der Waals surface area contributed by atoms with E-state index in [1.54, 1.807) is 0 Å². The zero-order valence-electron chi connectivity index (χ0n) is 5.24. The topological polar surface area (TPSA) is 153 Å². The molecule has 10 nitrogen and oxygen atoms in total. The Hall–Kier alpha value is -2.31. The van der Waals surface area contributed by atoms with Crippen LogP contribution in [0.3, 0.4) is 0 Å². The maximum Gasteiger partial charge on any atom is 0.792 e. The third-order valence-corrected chi connectivity index (χ3v) is 0.914. The van der Waals surface area contributed by atoms with Gasteiger partial charge in [-0.2, -0.15) is 5.26 Å². The van der Waals surface area contributed by atoms with Gasteiger partial charge in [-0.15, -0.1) is 0 Å². The van der Waals surface area contributed by atoms with Crippen molar-refractivity contribution in [3.8, 4) is 6.07 Å². The average Bonchev–Trinajstić information content (AvgIpc) is 1.86. The van der Waals surface area contributed by atoms with Gasteiger partial charge in [0.05, 0.1) is 0 Å². The number of nitrogens with zero attached hydrogens (tertiary/aromatic N) is 4. The molecule has 10 heteroatoms. The molecule has 0 aliphatic carbocycles. The second-order valence-corrected chi connectivity index (χ2v) is 1.52. The first-order chi connectivity index (χ1) is 5.39. The summed E-state index contributed by atoms with van der Waals surface area (Å²) >= 11 is 0. The Labute approximate surface area is 63.5 Å². The standard InChI is InChI=1S/C2N4O6/c3-1-2(4(7)8,5(9)10)6(11)12. The van der Waals surface area contributed by atoms with Gasteiger partial charge in [0.1, 0.15) is 0 Å². The van der Waals surface area contributed by atoms with Crippen LogP contribution in [0.5, 0.6) is 0 Å². The number of hydrogen-bond donors (Lipinski definition) is 0. The van der Waals surface area contributed by atoms with Crippen molar-refractivity contribution in [1.29, 1.82) is 5.26 Å². The van der Waals surface area contributed by atoms with Gasteiger partial charge < -0.3 is 0 Å². The van der Waals surface area contributed by atoms with Crippen LogP contribution in [0.4, 0.5) is 0 Å². The van der Waals surface area contributed by atoms with Crippen LogP contribution in [0.1, 0.15) is 0 Å². The van der Waals surface area contributed by atoms with Crippen LogP contribution in [-0.4, -0.2) is 20.6 Å². The largest absolute Gasteiger partial charge is 0.792 e. The molecule has 0 heterocycles. The molecule has 0 saturated heterocycles. The Morgan fingerprint density at radius 1 is 1.00 bits per heavy atom. The third-order valence-electron chi connectivity index (χ3n) is 0.914. The molecule has 0 aromatic rings. The van der Waals surface area contributed by atoms with Crippen molar-refractivity contribution in [2.75, 3.05) is 0 Å². The van der Waals surface area contributed by atoms with E-state index in [4.69, 9.17) is 5.26 Å². The lowest BCUT2D eigenvalue weighted by Crippen LogP contribution is -2.51. The van der Waals surface area contributed by atoms with Gasteiger partial charge in [-0.3, -0.25) is 30.3 Å². The van der Waals surface area contributed by atoms with Crippen molar-refractivity contribution in [2.24, 2.45) is 0 Å². The van der Waals surface area contributed by atoms with Crippen LogP contribution < -0.4 is 0 Å². The highest BCUT2D eigenvalue weighted by Gasteiger charge is 2.72. The highest BCUT2D eigenvalue weighted by Crippen LogP contribution is 2.09. The van der Waals surface area contributed by atoms with Gasteiger partial charge in [-0.25, -0.2) is 0 Å². The maximum absolute atomic E-state index is 9.84. The van der Waals surface area contributed by atoms with Crippen molar-refractivity contribution in [3.63, 3.8) is 0 Å². The fourth-order valence-corrected chi connectivity index (χ4v) is 0.322. The Kier molecular flexibility index (Phi) is 2.21. The van der Waals surface area contributed by atoms with E-state index in [1.165, 1.54) is 0 Å². The van der Waals surface area contributed by atoms with Gasteiger partial charge in [0.2, 0.25) is 0 Å². The van der Waals surface area contributed by atoms with Crippen LogP contribution in [-0.2, 0) is 0 Å². The van der Waals surface area contributed by atoms with Gasteiger partial charge in [-0.1, -0.05) is 0 Å². The van der Waals surface area contributed by atoms with Gasteiger partial charge in [0.15, 0.2) is 14.8 Å². The van der Waals surface area contributed by atoms with E-state index in [2.05, 4.69) is 0 Å². The molecule has 64 valence electrons. The molecule has 0 amide bonds. The normalized spacial score (nSPS) is 9.92. The SMILES string of the molecule is N#CC([N+](=O)[O-])([N+](=O)[O-])[N+](=O)[O-]. The maximum atomic E-state index is 9.84. The Bertz CT molecular complexity index is 252. The smallest absolute Gasteiger partial charge is 0.252 e. The van der Waals surface area contributed by atoms with Crippen LogP contribution in [0.25, 0.3) is 0 Å². The molecular formula is C2N4O6. The summed E-state index contributed by atoms with van der Waals surface area (Å²) in [7, 11) is 0. The Morgan fingerprint density at radius 2 is 1.25 bits per heavy atom. The van der Waals surface area contributed by atoms with E-state index >= 15 is 0 Å². The molecule has 0 unspecified atom stereocenters. The van der Waals surface area contributed by atoms with E-state index in [9.17, 15) is 30.3 Å². The monoisotopic (exact) mass is 176 g/mol. The number of nitro groups is 3. The highest BCUT2D eigenvalue weighted by atomic mass is 16.7. The molecule has 0 aliphatic rings. The molecule has 0 aromatic carbocycles. The summed E-state index contributed by atoms with van der Waals surface area (Å²) in [6.07, 6.45) is 0. The number of nitriles is 1. The van der Waals surface area contributed by atoms with Crippen molar-refractivity contribution >= 4 is 0 Å². The van der Waals surface area contributed by atoms with Crippen molar-refractivity contribution < 1.29 is 14.8 Å². The van der Waals surface area contributed by atoms with Gasteiger partial charge in [0, 0.05) is 0 Å². The molecule has 0 atom stereocenters. The molecule has 0 spiro atoms. The molecule has 0 aliphatic heterocycles. The molecule has 0 N–H and O–H groups in total. The lowest BCUT2D eigenvalue weighted by Gasteiger charge is -1.98. The number of rotatable bonds is 3. The molecule has 12 heavy (non-hydrogen) atoms. The third kappa shape index (κ3) is 0.985. The first kappa shape index (κ1) is 9.69. The van der Waals surface area contributed by atoms with Crippen LogP contribution in [0.2, 0.25) is 0 Å². The highest BCUT2D eigenvalue weighted by molar-refractivity contribution is 4.81. The van der Waals surface area contributed by atoms with E-state index in [1.807, 2.05) is 0 Å². The quantitative estimate of drug-likeness (QED) is 0.303. The predicted octanol–water partition coefficient (Wildman–Crippen LogP) is -1.01. The fourth-order valence-electron chi connectivity index (χ4n) is 0.322. The predicted molar refractivity (Wildman–Crippen MR) is 29.3 cm³/mol. The lowest BCUT2D eigenvalue weighted by atomic mass is 10.4. The molecular weight excluding hydrogens is 176 g/mol. The summed E-state index contributed by atoms with van der Waals surface area (Å²) in [5, 5.41) is 37.4. The average molecular weight is 176 g/mol. The number of hydrogen-bond acceptors (Lipinski definition) is 7. The van der Waals surface area contributed by atoms with Crippen molar-refractivity contribution in [3.05, 3.63) is 30.3 Å². The molecule has 0 saturated carbocycles. The minimum atomic E-state index is -3.99. The van der Waals surface area contributed by atoms with E-state index in [0.717, 1.165) is 0 Å². The van der Waals surface area contributed by atoms with E-state index in [-0.39, 0.29) is 0 Å². The van der Waals surface area contributed by atoms with Crippen LogP contribution >= 0.6 is 0 Å². The minimum Gasteiger partial charge on any atom is -0.252 e. The summed E-state index contributed by atoms with van der Waals surface area (Å²) in [6, 6.07) is 0.417. The fraction of sp³-hybridized carbons (Fsp3) is 0.500. The van der Waals surface area contributed by atoms with Crippen molar-refractivity contribution in [2.45, 2.75) is 5.79 Å². The minimum absolute atomic E-state index is 0.417. The second kappa shape index (κ2) is 2.74. The Balaban J connectivity index is 5.39. The summed E-state index contributed by atoms with van der Waals surface area (Å²) in [6.45, 7) is 0. The van der Waals surface area contributed by atoms with Gasteiger partial charge >= 0.3 is 11.9 Å². The molecule has 0 fully saturated rings. The van der Waals surface area contributed by atoms with E-state index < -0.39 is 20.6 Å². The van der Waals surface area contributed by atoms with Crippen LogP contribution in [0, 0.1) is 41.7 Å². The van der Waals surface area contributed by atoms with Crippen molar-refractivity contribution in [1.82, 2.24) is 0 Å². The summed E-state index contributed by atoms with van der Waals surface area (Å²) < 4.78 is 0. The second-order valence-electron chi connectivity index (χ2n) is 1.52. The van der Waals surface area contributed by atoms with Gasteiger partial charge in [-0.05, 0) is 0 Å². The lowest BCUT2D eigenvalue weighted by molar-refractivity contribution is -0.950. The van der Waals surface area contributed by atoms with E-state index in [0.29, 0.717) is 6.07 Å². The van der Waals surface area contributed by atoms with Gasteiger partial charge in [0.25, 0.3) is 0 Å². The summed E-state index contributed by atoms with van der Waals surface area (Å²) in [5.41, 5.74) is 0. The molecule has 0 aromatic heterocycles. The molecule has 0 rings (SSSR count). The summed E-state index contributed by atoms with van der Waals surface area (Å²) in [5.74, 6) is -3.99. The molecule has 0 bridgehead atoms. The summed E-state index contributed by atoms with van der Waals surface area (Å²) in [4.78, 5) is 23.9. The first-order valence-electron chi connectivity index (χ1n) is 2.24. The van der Waals surface area contributed by atoms with Crippen LogP contribution in [0.15, 0.2) is 0 Å².